The Morgan fingerprint density at radius 2 is 1.64 bits per heavy atom. The van der Waals surface area contributed by atoms with E-state index >= 15 is 0 Å². The van der Waals surface area contributed by atoms with E-state index < -0.39 is 0 Å². The molecule has 5 rings (SSSR count). The van der Waals surface area contributed by atoms with Gasteiger partial charge in [-0.15, -0.1) is 0 Å². The van der Waals surface area contributed by atoms with Crippen LogP contribution >= 0.6 is 0 Å². The first-order valence-corrected chi connectivity index (χ1v) is 11.0. The van der Waals surface area contributed by atoms with E-state index in [2.05, 4.69) is 10.4 Å². The fraction of sp³-hybridized carbons (Fsp3) is 0.148. The van der Waals surface area contributed by atoms with Crippen LogP contribution < -0.4 is 10.9 Å². The average Bonchev–Trinajstić information content (AvgIpc) is 3.16. The molecule has 0 aliphatic rings. The van der Waals surface area contributed by atoms with Crippen LogP contribution in [0, 0.1) is 0 Å². The number of para-hydroxylation sites is 2. The maximum absolute atomic E-state index is 13.5. The van der Waals surface area contributed by atoms with Crippen molar-refractivity contribution in [2.45, 2.75) is 26.4 Å². The smallest absolute Gasteiger partial charge is 0.291 e. The maximum Gasteiger partial charge on any atom is 0.291 e. The van der Waals surface area contributed by atoms with Crippen LogP contribution in [0.3, 0.4) is 0 Å². The number of carbonyl (C=O) groups excluding carboxylic acids is 1. The van der Waals surface area contributed by atoms with Gasteiger partial charge in [-0.05, 0) is 29.7 Å². The number of hydrogen-bond donors (Lipinski definition) is 1. The van der Waals surface area contributed by atoms with E-state index in [0.29, 0.717) is 12.1 Å². The second-order valence-electron chi connectivity index (χ2n) is 8.02. The zero-order chi connectivity index (χ0) is 22.8. The highest BCUT2D eigenvalue weighted by atomic mass is 16.2. The van der Waals surface area contributed by atoms with E-state index in [1.165, 1.54) is 4.68 Å². The molecule has 0 saturated carbocycles. The Hall–Kier alpha value is -4.19. The monoisotopic (exact) mass is 436 g/mol. The van der Waals surface area contributed by atoms with Crippen molar-refractivity contribution in [2.75, 3.05) is 5.32 Å². The molecule has 1 amide bonds. The first-order valence-electron chi connectivity index (χ1n) is 11.0. The van der Waals surface area contributed by atoms with Gasteiger partial charge in [0.15, 0.2) is 0 Å². The van der Waals surface area contributed by atoms with Gasteiger partial charge < -0.3 is 9.88 Å². The number of anilines is 1. The predicted octanol–water partition coefficient (Wildman–Crippen LogP) is 4.60. The number of hydrogen-bond acceptors (Lipinski definition) is 3. The van der Waals surface area contributed by atoms with E-state index in [-0.39, 0.29) is 18.0 Å². The highest BCUT2D eigenvalue weighted by molar-refractivity contribution is 6.07. The largest absolute Gasteiger partial charge is 0.331 e. The van der Waals surface area contributed by atoms with Crippen molar-refractivity contribution in [3.05, 3.63) is 107 Å². The summed E-state index contributed by atoms with van der Waals surface area (Å²) in [5.74, 6) is -0.282. The third-order valence-electron chi connectivity index (χ3n) is 5.92. The molecule has 5 aromatic rings. The standard InChI is InChI=1S/C27H24N4O2/c1-2-20-12-6-8-14-23(20)29-25(32)18-31-27(33)26-22(16-28-31)21-13-7-9-15-24(21)30(26)17-19-10-4-3-5-11-19/h3-16H,2,17-18H2,1H3,(H,29,32). The van der Waals surface area contributed by atoms with Gasteiger partial charge in [0, 0.05) is 28.5 Å². The van der Waals surface area contributed by atoms with Crippen LogP contribution in [0.15, 0.2) is 89.9 Å². The van der Waals surface area contributed by atoms with Crippen molar-refractivity contribution in [3.63, 3.8) is 0 Å². The minimum Gasteiger partial charge on any atom is -0.331 e. The Balaban J connectivity index is 1.55. The van der Waals surface area contributed by atoms with Crippen molar-refractivity contribution in [2.24, 2.45) is 0 Å². The van der Waals surface area contributed by atoms with Crippen LogP contribution in [0.4, 0.5) is 5.69 Å². The van der Waals surface area contributed by atoms with Gasteiger partial charge >= 0.3 is 0 Å². The molecule has 2 heterocycles. The Kier molecular flexibility index (Phi) is 5.48. The normalized spacial score (nSPS) is 11.2. The van der Waals surface area contributed by atoms with Gasteiger partial charge in [-0.3, -0.25) is 9.59 Å². The number of carbonyl (C=O) groups is 1. The number of nitrogens with one attached hydrogen (secondary N) is 1. The van der Waals surface area contributed by atoms with Crippen molar-refractivity contribution in [1.82, 2.24) is 14.3 Å². The van der Waals surface area contributed by atoms with E-state index in [0.717, 1.165) is 39.5 Å². The van der Waals surface area contributed by atoms with Gasteiger partial charge in [0.2, 0.25) is 5.91 Å². The summed E-state index contributed by atoms with van der Waals surface area (Å²) in [6.45, 7) is 2.44. The molecule has 0 fully saturated rings. The molecule has 0 aliphatic heterocycles. The Morgan fingerprint density at radius 1 is 0.909 bits per heavy atom. The molecular formula is C27H24N4O2. The Labute approximate surface area is 191 Å². The Bertz CT molecular complexity index is 1520. The molecule has 0 bridgehead atoms. The van der Waals surface area contributed by atoms with Gasteiger partial charge in [-0.25, -0.2) is 4.68 Å². The zero-order valence-electron chi connectivity index (χ0n) is 18.4. The molecular weight excluding hydrogens is 412 g/mol. The minimum atomic E-state index is -0.282. The number of nitrogens with zero attached hydrogens (tertiary/aromatic N) is 3. The van der Waals surface area contributed by atoms with Crippen molar-refractivity contribution in [3.8, 4) is 0 Å². The van der Waals surface area contributed by atoms with Crippen molar-refractivity contribution < 1.29 is 4.79 Å². The quantitative estimate of drug-likeness (QED) is 0.423. The summed E-state index contributed by atoms with van der Waals surface area (Å²) in [4.78, 5) is 26.3. The van der Waals surface area contributed by atoms with E-state index in [4.69, 9.17) is 0 Å². The molecule has 6 nitrogen and oxygen atoms in total. The van der Waals surface area contributed by atoms with E-state index in [1.54, 1.807) is 6.20 Å². The lowest BCUT2D eigenvalue weighted by atomic mass is 10.1. The number of amides is 1. The molecule has 2 aromatic heterocycles. The predicted molar refractivity (Wildman–Crippen MR) is 131 cm³/mol. The van der Waals surface area contributed by atoms with E-state index in [9.17, 15) is 9.59 Å². The summed E-state index contributed by atoms with van der Waals surface area (Å²) in [6.07, 6.45) is 2.49. The van der Waals surface area contributed by atoms with Gasteiger partial charge in [0.05, 0.1) is 6.20 Å². The number of benzene rings is 3. The molecule has 0 aliphatic carbocycles. The highest BCUT2D eigenvalue weighted by Crippen LogP contribution is 2.27. The lowest BCUT2D eigenvalue weighted by Gasteiger charge is -2.11. The molecule has 33 heavy (non-hydrogen) atoms. The van der Waals surface area contributed by atoms with Gasteiger partial charge in [-0.1, -0.05) is 73.7 Å². The SMILES string of the molecule is CCc1ccccc1NC(=O)Cn1ncc2c3ccccc3n(Cc3ccccc3)c2c1=O. The van der Waals surface area contributed by atoms with Crippen molar-refractivity contribution in [1.29, 1.82) is 0 Å². The molecule has 0 spiro atoms. The highest BCUT2D eigenvalue weighted by Gasteiger charge is 2.17. The first-order chi connectivity index (χ1) is 16.2. The third kappa shape index (κ3) is 3.91. The van der Waals surface area contributed by atoms with Crippen LogP contribution in [0.1, 0.15) is 18.1 Å². The fourth-order valence-electron chi connectivity index (χ4n) is 4.31. The first kappa shape index (κ1) is 20.7. The molecule has 0 unspecified atom stereocenters. The summed E-state index contributed by atoms with van der Waals surface area (Å²) in [5, 5.41) is 9.02. The number of fused-ring (bicyclic) bond motifs is 3. The van der Waals surface area contributed by atoms with Crippen LogP contribution in [0.5, 0.6) is 0 Å². The van der Waals surface area contributed by atoms with Crippen LogP contribution in [0.25, 0.3) is 21.8 Å². The zero-order valence-corrected chi connectivity index (χ0v) is 18.4. The minimum absolute atomic E-state index is 0.153. The summed E-state index contributed by atoms with van der Waals surface area (Å²) >= 11 is 0. The van der Waals surface area contributed by atoms with Crippen LogP contribution in [-0.2, 0) is 24.3 Å². The molecule has 0 radical (unpaired) electrons. The number of rotatable bonds is 6. The summed E-state index contributed by atoms with van der Waals surface area (Å²) in [5.41, 5.74) is 4.14. The summed E-state index contributed by atoms with van der Waals surface area (Å²) in [7, 11) is 0. The maximum atomic E-state index is 13.5. The second-order valence-corrected chi connectivity index (χ2v) is 8.02. The van der Waals surface area contributed by atoms with Crippen LogP contribution in [-0.4, -0.2) is 20.3 Å². The lowest BCUT2D eigenvalue weighted by Crippen LogP contribution is -2.30. The van der Waals surface area contributed by atoms with Gasteiger partial charge in [-0.2, -0.15) is 5.10 Å². The molecule has 3 aromatic carbocycles. The van der Waals surface area contributed by atoms with Gasteiger partial charge in [0.25, 0.3) is 5.56 Å². The number of aromatic nitrogens is 3. The molecule has 1 N–H and O–H groups in total. The number of aryl methyl sites for hydroxylation is 1. The molecule has 164 valence electrons. The second kappa shape index (κ2) is 8.74. The van der Waals surface area contributed by atoms with Gasteiger partial charge in [0.1, 0.15) is 12.1 Å². The van der Waals surface area contributed by atoms with Crippen molar-refractivity contribution >= 4 is 33.4 Å². The van der Waals surface area contributed by atoms with E-state index in [1.807, 2.05) is 90.4 Å². The lowest BCUT2D eigenvalue weighted by molar-refractivity contribution is -0.117. The molecule has 0 atom stereocenters. The fourth-order valence-corrected chi connectivity index (χ4v) is 4.31. The molecule has 6 heteroatoms. The topological polar surface area (TPSA) is 68.9 Å². The summed E-state index contributed by atoms with van der Waals surface area (Å²) in [6, 6.07) is 25.6. The average molecular weight is 437 g/mol. The third-order valence-corrected chi connectivity index (χ3v) is 5.92. The molecule has 0 saturated heterocycles. The van der Waals surface area contributed by atoms with Crippen LogP contribution in [0.2, 0.25) is 0 Å². The summed E-state index contributed by atoms with van der Waals surface area (Å²) < 4.78 is 3.26. The Morgan fingerprint density at radius 3 is 2.45 bits per heavy atom.